The van der Waals surface area contributed by atoms with Crippen LogP contribution >= 0.6 is 11.6 Å². The summed E-state index contributed by atoms with van der Waals surface area (Å²) in [5, 5.41) is 0.882. The van der Waals surface area contributed by atoms with Crippen LogP contribution in [-0.4, -0.2) is 16.8 Å². The van der Waals surface area contributed by atoms with Gasteiger partial charge in [0.1, 0.15) is 5.70 Å². The van der Waals surface area contributed by atoms with Gasteiger partial charge in [-0.15, -0.1) is 0 Å². The molecule has 0 aromatic carbocycles. The number of halogens is 1. The van der Waals surface area contributed by atoms with Crippen LogP contribution in [0.25, 0.3) is 0 Å². The topological polar surface area (TPSA) is 46.3 Å². The summed E-state index contributed by atoms with van der Waals surface area (Å²) >= 11 is 5.37. The van der Waals surface area contributed by atoms with Gasteiger partial charge in [-0.1, -0.05) is 6.92 Å². The molecule has 12 heavy (non-hydrogen) atoms. The molecular formula is C8H15ClN2O. The molecule has 70 valence electrons. The smallest absolute Gasteiger partial charge is 0.269 e. The van der Waals surface area contributed by atoms with Crippen molar-refractivity contribution < 1.29 is 4.79 Å². The SMILES string of the molecule is CC/C(C)=C(/C(=O)Cl)N(N)CC. The van der Waals surface area contributed by atoms with E-state index in [-0.39, 0.29) is 0 Å². The van der Waals surface area contributed by atoms with Gasteiger partial charge in [0, 0.05) is 6.54 Å². The highest BCUT2D eigenvalue weighted by molar-refractivity contribution is 6.67. The third-order valence-electron chi connectivity index (χ3n) is 1.75. The van der Waals surface area contributed by atoms with E-state index in [9.17, 15) is 4.79 Å². The lowest BCUT2D eigenvalue weighted by Gasteiger charge is -2.19. The summed E-state index contributed by atoms with van der Waals surface area (Å²) in [6.07, 6.45) is 0.779. The van der Waals surface area contributed by atoms with E-state index in [0.717, 1.165) is 12.0 Å². The van der Waals surface area contributed by atoms with Crippen molar-refractivity contribution in [3.63, 3.8) is 0 Å². The molecule has 0 spiro atoms. The van der Waals surface area contributed by atoms with Crippen LogP contribution < -0.4 is 5.84 Å². The molecule has 0 unspecified atom stereocenters. The Hall–Kier alpha value is -0.540. The monoisotopic (exact) mass is 190 g/mol. The largest absolute Gasteiger partial charge is 0.307 e. The first-order valence-electron chi connectivity index (χ1n) is 3.96. The first-order valence-corrected chi connectivity index (χ1v) is 4.34. The summed E-state index contributed by atoms with van der Waals surface area (Å²) in [4.78, 5) is 10.9. The molecule has 2 N–H and O–H groups in total. The lowest BCUT2D eigenvalue weighted by molar-refractivity contribution is -0.110. The zero-order valence-corrected chi connectivity index (χ0v) is 8.48. The van der Waals surface area contributed by atoms with Crippen molar-refractivity contribution in [2.24, 2.45) is 5.84 Å². The molecule has 0 fully saturated rings. The van der Waals surface area contributed by atoms with Gasteiger partial charge in [-0.3, -0.25) is 4.79 Å². The van der Waals surface area contributed by atoms with Crippen molar-refractivity contribution in [2.75, 3.05) is 6.54 Å². The fourth-order valence-corrected chi connectivity index (χ4v) is 1.12. The number of hydrazine groups is 1. The molecule has 0 saturated heterocycles. The zero-order valence-electron chi connectivity index (χ0n) is 7.72. The van der Waals surface area contributed by atoms with Crippen molar-refractivity contribution in [2.45, 2.75) is 27.2 Å². The fourth-order valence-electron chi connectivity index (χ4n) is 0.851. The second-order valence-electron chi connectivity index (χ2n) is 2.54. The standard InChI is InChI=1S/C8H15ClN2O/c1-4-6(3)7(8(9)12)11(10)5-2/h4-5,10H2,1-3H3/b7-6-. The average Bonchev–Trinajstić information content (AvgIpc) is 2.03. The van der Waals surface area contributed by atoms with Crippen LogP contribution in [0, 0.1) is 0 Å². The average molecular weight is 191 g/mol. The van der Waals surface area contributed by atoms with Gasteiger partial charge >= 0.3 is 0 Å². The van der Waals surface area contributed by atoms with Gasteiger partial charge in [-0.05, 0) is 37.4 Å². The third kappa shape index (κ3) is 2.83. The van der Waals surface area contributed by atoms with E-state index >= 15 is 0 Å². The molecule has 0 aromatic rings. The number of rotatable bonds is 4. The molecule has 0 aliphatic heterocycles. The van der Waals surface area contributed by atoms with Crippen molar-refractivity contribution in [1.29, 1.82) is 0 Å². The predicted molar refractivity (Wildman–Crippen MR) is 50.4 cm³/mol. The Morgan fingerprint density at radius 3 is 2.25 bits per heavy atom. The van der Waals surface area contributed by atoms with Gasteiger partial charge < -0.3 is 5.01 Å². The number of carbonyl (C=O) groups is 1. The molecule has 0 heterocycles. The molecule has 0 radical (unpaired) electrons. The lowest BCUT2D eigenvalue weighted by Crippen LogP contribution is -2.33. The number of carbonyl (C=O) groups excluding carboxylic acids is 1. The van der Waals surface area contributed by atoms with Crippen molar-refractivity contribution in [3.05, 3.63) is 11.3 Å². The second-order valence-corrected chi connectivity index (χ2v) is 2.89. The summed E-state index contributed by atoms with van der Waals surface area (Å²) < 4.78 is 0. The maximum absolute atomic E-state index is 10.9. The molecule has 4 heteroatoms. The fraction of sp³-hybridized carbons (Fsp3) is 0.625. The van der Waals surface area contributed by atoms with E-state index in [1.54, 1.807) is 0 Å². The minimum absolute atomic E-state index is 0.418. The molecule has 3 nitrogen and oxygen atoms in total. The van der Waals surface area contributed by atoms with Crippen LogP contribution in [0.1, 0.15) is 27.2 Å². The number of likely N-dealkylation sites (N-methyl/N-ethyl adjacent to an activating group) is 1. The highest BCUT2D eigenvalue weighted by Gasteiger charge is 2.13. The van der Waals surface area contributed by atoms with E-state index in [1.165, 1.54) is 5.01 Å². The molecule has 0 saturated carbocycles. The predicted octanol–water partition coefficient (Wildman–Crippen LogP) is 1.63. The van der Waals surface area contributed by atoms with E-state index in [0.29, 0.717) is 12.2 Å². The van der Waals surface area contributed by atoms with E-state index in [2.05, 4.69) is 0 Å². The van der Waals surface area contributed by atoms with Gasteiger partial charge in [-0.25, -0.2) is 5.84 Å². The van der Waals surface area contributed by atoms with Gasteiger partial charge in [0.25, 0.3) is 5.24 Å². The highest BCUT2D eigenvalue weighted by Crippen LogP contribution is 2.12. The van der Waals surface area contributed by atoms with Crippen LogP contribution in [0.5, 0.6) is 0 Å². The first kappa shape index (κ1) is 11.5. The highest BCUT2D eigenvalue weighted by atomic mass is 35.5. The summed E-state index contributed by atoms with van der Waals surface area (Å²) in [5.41, 5.74) is 1.33. The lowest BCUT2D eigenvalue weighted by atomic mass is 10.2. The Labute approximate surface area is 78.1 Å². The third-order valence-corrected chi connectivity index (χ3v) is 1.93. The summed E-state index contributed by atoms with van der Waals surface area (Å²) in [5.74, 6) is 5.56. The normalized spacial score (nSPS) is 12.4. The van der Waals surface area contributed by atoms with Crippen molar-refractivity contribution >= 4 is 16.8 Å². The van der Waals surface area contributed by atoms with Gasteiger partial charge in [0.15, 0.2) is 0 Å². The number of nitrogens with two attached hydrogens (primary N) is 1. The number of hydrogen-bond donors (Lipinski definition) is 1. The number of hydrogen-bond acceptors (Lipinski definition) is 3. The second kappa shape index (κ2) is 5.17. The maximum Gasteiger partial charge on any atom is 0.269 e. The molecule has 0 aromatic heterocycles. The minimum Gasteiger partial charge on any atom is -0.307 e. The van der Waals surface area contributed by atoms with Gasteiger partial charge in [0.05, 0.1) is 0 Å². The Morgan fingerprint density at radius 2 is 2.00 bits per heavy atom. The summed E-state index contributed by atoms with van der Waals surface area (Å²) in [7, 11) is 0. The zero-order chi connectivity index (χ0) is 9.72. The van der Waals surface area contributed by atoms with E-state index in [1.807, 2.05) is 20.8 Å². The Morgan fingerprint density at radius 1 is 1.50 bits per heavy atom. The minimum atomic E-state index is -0.487. The first-order chi connectivity index (χ1) is 5.54. The molecule has 0 aliphatic rings. The molecule has 0 amide bonds. The number of nitrogens with zero attached hydrogens (tertiary/aromatic N) is 1. The van der Waals surface area contributed by atoms with E-state index < -0.39 is 5.24 Å². The Bertz CT molecular complexity index is 201. The quantitative estimate of drug-likeness (QED) is 0.317. The number of allylic oxidation sites excluding steroid dienone is 2. The summed E-state index contributed by atoms with van der Waals surface area (Å²) in [6, 6.07) is 0. The molecular weight excluding hydrogens is 176 g/mol. The van der Waals surface area contributed by atoms with Crippen LogP contribution in [-0.2, 0) is 4.79 Å². The summed E-state index contributed by atoms with van der Waals surface area (Å²) in [6.45, 7) is 6.25. The van der Waals surface area contributed by atoms with Crippen molar-refractivity contribution in [1.82, 2.24) is 5.01 Å². The van der Waals surface area contributed by atoms with E-state index in [4.69, 9.17) is 17.4 Å². The van der Waals surface area contributed by atoms with Crippen LogP contribution in [0.15, 0.2) is 11.3 Å². The van der Waals surface area contributed by atoms with Crippen molar-refractivity contribution in [3.8, 4) is 0 Å². The maximum atomic E-state index is 10.9. The van der Waals surface area contributed by atoms with Crippen LogP contribution in [0.3, 0.4) is 0 Å². The molecule has 0 rings (SSSR count). The molecule has 0 atom stereocenters. The Balaban J connectivity index is 4.77. The Kier molecular flexibility index (Phi) is 4.93. The van der Waals surface area contributed by atoms with Crippen LogP contribution in [0.4, 0.5) is 0 Å². The van der Waals surface area contributed by atoms with Crippen LogP contribution in [0.2, 0.25) is 0 Å². The van der Waals surface area contributed by atoms with Gasteiger partial charge in [0.2, 0.25) is 0 Å². The molecule has 0 aliphatic carbocycles. The molecule has 0 bridgehead atoms. The van der Waals surface area contributed by atoms with Gasteiger partial charge in [-0.2, -0.15) is 0 Å².